The summed E-state index contributed by atoms with van der Waals surface area (Å²) in [6, 6.07) is 9.72. The topological polar surface area (TPSA) is 88.5 Å². The minimum Gasteiger partial charge on any atom is -0.289 e. The van der Waals surface area contributed by atoms with Gasteiger partial charge in [0.2, 0.25) is 0 Å². The van der Waals surface area contributed by atoms with Crippen LogP contribution in [0.1, 0.15) is 31.8 Å². The zero-order valence-corrected chi connectivity index (χ0v) is 10.8. The molecule has 5 nitrogen and oxygen atoms in total. The first-order valence-electron chi connectivity index (χ1n) is 5.69. The minimum atomic E-state index is -4.42. The molecule has 0 saturated carbocycles. The molecule has 3 rings (SSSR count). The van der Waals surface area contributed by atoms with E-state index in [9.17, 15) is 18.0 Å². The Morgan fingerprint density at radius 3 is 1.76 bits per heavy atom. The van der Waals surface area contributed by atoms with Gasteiger partial charge in [-0.05, 0) is 18.2 Å². The third-order valence-corrected chi connectivity index (χ3v) is 4.04. The zero-order valence-electron chi connectivity index (χ0n) is 10.0. The number of carbonyl (C=O) groups is 2. The second-order valence-corrected chi connectivity index (χ2v) is 5.81. The fourth-order valence-corrected chi connectivity index (χ4v) is 2.75. The molecule has 0 bridgehead atoms. The van der Waals surface area contributed by atoms with Gasteiger partial charge in [0.25, 0.3) is 10.1 Å². The summed E-state index contributed by atoms with van der Waals surface area (Å²) < 4.78 is 31.2. The van der Waals surface area contributed by atoms with Gasteiger partial charge in [-0.1, -0.05) is 24.3 Å². The fourth-order valence-electron chi connectivity index (χ4n) is 2.24. The summed E-state index contributed by atoms with van der Waals surface area (Å²) in [6.45, 7) is 0. The van der Waals surface area contributed by atoms with Crippen molar-refractivity contribution in [1.82, 2.24) is 0 Å². The summed E-state index contributed by atoms with van der Waals surface area (Å²) in [5.74, 6) is -0.766. The van der Waals surface area contributed by atoms with Crippen LogP contribution in [0.15, 0.2) is 47.4 Å². The maximum atomic E-state index is 12.3. The number of fused-ring (bicyclic) bond motifs is 2. The van der Waals surface area contributed by atoms with Gasteiger partial charge in [0.1, 0.15) is 0 Å². The predicted molar refractivity (Wildman–Crippen MR) is 79.5 cm³/mol. The molecular formula is C14H11AlO5S. The molecule has 1 aliphatic rings. The lowest BCUT2D eigenvalue weighted by atomic mass is 9.84. The SMILES string of the molecule is O=C1c2ccccc2C(=O)c2cc(S(=O)(=O)O)ccc21.[AlH3]. The summed E-state index contributed by atoms with van der Waals surface area (Å²) in [5.41, 5.74) is 0.659. The van der Waals surface area contributed by atoms with Crippen molar-refractivity contribution in [2.75, 3.05) is 0 Å². The summed E-state index contributed by atoms with van der Waals surface area (Å²) in [7, 11) is -4.42. The van der Waals surface area contributed by atoms with Crippen molar-refractivity contribution in [2.24, 2.45) is 0 Å². The number of hydrogen-bond donors (Lipinski definition) is 1. The van der Waals surface area contributed by atoms with Crippen molar-refractivity contribution in [3.05, 3.63) is 64.7 Å². The van der Waals surface area contributed by atoms with Crippen molar-refractivity contribution >= 4 is 39.0 Å². The van der Waals surface area contributed by atoms with E-state index in [4.69, 9.17) is 4.55 Å². The van der Waals surface area contributed by atoms with Gasteiger partial charge in [0, 0.05) is 22.3 Å². The number of carbonyl (C=O) groups excluding carboxylic acids is 2. The maximum absolute atomic E-state index is 12.3. The second-order valence-electron chi connectivity index (χ2n) is 4.39. The lowest BCUT2D eigenvalue weighted by molar-refractivity contribution is 0.0979. The van der Waals surface area contributed by atoms with Crippen LogP contribution < -0.4 is 0 Å². The Hall–Kier alpha value is -1.78. The van der Waals surface area contributed by atoms with Gasteiger partial charge in [-0.3, -0.25) is 14.1 Å². The van der Waals surface area contributed by atoms with Gasteiger partial charge in [0.05, 0.1) is 4.90 Å². The first-order valence-corrected chi connectivity index (χ1v) is 7.13. The highest BCUT2D eigenvalue weighted by Gasteiger charge is 2.30. The smallest absolute Gasteiger partial charge is 0.289 e. The van der Waals surface area contributed by atoms with Crippen LogP contribution in [0.2, 0.25) is 0 Å². The summed E-state index contributed by atoms with van der Waals surface area (Å²) in [4.78, 5) is 24.1. The third-order valence-electron chi connectivity index (χ3n) is 3.19. The molecule has 0 unspecified atom stereocenters. The van der Waals surface area contributed by atoms with E-state index >= 15 is 0 Å². The van der Waals surface area contributed by atoms with E-state index in [1.54, 1.807) is 18.2 Å². The molecule has 0 fully saturated rings. The Balaban J connectivity index is 0.00000161. The molecule has 2 aromatic rings. The maximum Gasteiger partial charge on any atom is 0.294 e. The number of ketones is 2. The van der Waals surface area contributed by atoms with Crippen LogP contribution in [0, 0.1) is 0 Å². The van der Waals surface area contributed by atoms with E-state index in [1.807, 2.05) is 0 Å². The molecule has 1 N–H and O–H groups in total. The lowest BCUT2D eigenvalue weighted by Gasteiger charge is -2.17. The van der Waals surface area contributed by atoms with Gasteiger partial charge in [-0.15, -0.1) is 0 Å². The molecule has 0 radical (unpaired) electrons. The predicted octanol–water partition coefficient (Wildman–Crippen LogP) is 0.525. The highest BCUT2D eigenvalue weighted by atomic mass is 32.2. The van der Waals surface area contributed by atoms with E-state index in [-0.39, 0.29) is 39.8 Å². The molecule has 0 aromatic heterocycles. The number of hydrogen-bond acceptors (Lipinski definition) is 4. The molecule has 21 heavy (non-hydrogen) atoms. The van der Waals surface area contributed by atoms with Crippen LogP contribution in [0.3, 0.4) is 0 Å². The standard InChI is InChI=1S/C14H8O5S.Al.3H/c15-13-9-3-1-2-4-10(9)14(16)12-7-8(20(17,18)19)5-6-11(12)13;;;;/h1-7H,(H,17,18,19);;;;. The quantitative estimate of drug-likeness (QED) is 0.522. The van der Waals surface area contributed by atoms with E-state index in [2.05, 4.69) is 0 Å². The van der Waals surface area contributed by atoms with Gasteiger partial charge < -0.3 is 0 Å². The largest absolute Gasteiger partial charge is 0.294 e. The number of benzene rings is 2. The first kappa shape index (κ1) is 15.6. The van der Waals surface area contributed by atoms with Crippen molar-refractivity contribution < 1.29 is 22.6 Å². The van der Waals surface area contributed by atoms with Gasteiger partial charge >= 0.3 is 0 Å². The zero-order chi connectivity index (χ0) is 14.5. The van der Waals surface area contributed by atoms with E-state index in [0.29, 0.717) is 5.56 Å². The van der Waals surface area contributed by atoms with Crippen molar-refractivity contribution in [2.45, 2.75) is 4.90 Å². The Kier molecular flexibility index (Phi) is 3.87. The highest BCUT2D eigenvalue weighted by molar-refractivity contribution is 7.85. The summed E-state index contributed by atoms with van der Waals surface area (Å²) in [6.07, 6.45) is 0. The average Bonchev–Trinajstić information content (AvgIpc) is 2.43. The van der Waals surface area contributed by atoms with Crippen molar-refractivity contribution in [1.29, 1.82) is 0 Å². The summed E-state index contributed by atoms with van der Waals surface area (Å²) in [5, 5.41) is 0. The van der Waals surface area contributed by atoms with E-state index in [0.717, 1.165) is 12.1 Å². The third kappa shape index (κ3) is 2.45. The molecule has 0 atom stereocenters. The number of rotatable bonds is 1. The lowest BCUT2D eigenvalue weighted by Crippen LogP contribution is -2.21. The van der Waals surface area contributed by atoms with Crippen molar-refractivity contribution in [3.8, 4) is 0 Å². The average molecular weight is 318 g/mol. The molecular weight excluding hydrogens is 307 g/mol. The van der Waals surface area contributed by atoms with E-state index < -0.39 is 20.8 Å². The minimum absolute atomic E-state index is 0. The van der Waals surface area contributed by atoms with Crippen LogP contribution >= 0.6 is 0 Å². The van der Waals surface area contributed by atoms with Crippen LogP contribution in [0.5, 0.6) is 0 Å². The Bertz CT molecular complexity index is 871. The molecule has 106 valence electrons. The first-order chi connectivity index (χ1) is 9.39. The molecule has 0 spiro atoms. The Labute approximate surface area is 131 Å². The normalized spacial score (nSPS) is 13.2. The molecule has 0 aliphatic heterocycles. The van der Waals surface area contributed by atoms with Gasteiger partial charge in [-0.25, -0.2) is 0 Å². The van der Waals surface area contributed by atoms with Gasteiger partial charge in [-0.2, -0.15) is 8.42 Å². The van der Waals surface area contributed by atoms with Crippen molar-refractivity contribution in [3.63, 3.8) is 0 Å². The second kappa shape index (κ2) is 5.21. The Morgan fingerprint density at radius 2 is 1.24 bits per heavy atom. The van der Waals surface area contributed by atoms with Crippen LogP contribution in [0.25, 0.3) is 0 Å². The van der Waals surface area contributed by atoms with E-state index in [1.165, 1.54) is 12.1 Å². The van der Waals surface area contributed by atoms with Gasteiger partial charge in [0.15, 0.2) is 28.9 Å². The Morgan fingerprint density at radius 1 is 0.762 bits per heavy atom. The van der Waals surface area contributed by atoms with Crippen LogP contribution in [-0.4, -0.2) is 41.9 Å². The molecule has 0 saturated heterocycles. The fraction of sp³-hybridized carbons (Fsp3) is 0. The molecule has 7 heteroatoms. The van der Waals surface area contributed by atoms with Crippen LogP contribution in [-0.2, 0) is 10.1 Å². The monoisotopic (exact) mass is 318 g/mol. The molecule has 2 aromatic carbocycles. The molecule has 1 aliphatic carbocycles. The van der Waals surface area contributed by atoms with Crippen LogP contribution in [0.4, 0.5) is 0 Å². The summed E-state index contributed by atoms with van der Waals surface area (Å²) >= 11 is 0. The molecule has 0 amide bonds. The highest BCUT2D eigenvalue weighted by Crippen LogP contribution is 2.28. The molecule has 0 heterocycles.